The third-order valence-corrected chi connectivity index (χ3v) is 5.57. The molecular formula is C15H16N6S2. The fourth-order valence-corrected chi connectivity index (χ4v) is 3.80. The molecule has 0 atom stereocenters. The van der Waals surface area contributed by atoms with E-state index in [2.05, 4.69) is 43.2 Å². The van der Waals surface area contributed by atoms with Crippen LogP contribution in [0.2, 0.25) is 0 Å². The molecule has 6 nitrogen and oxygen atoms in total. The van der Waals surface area contributed by atoms with Crippen LogP contribution < -0.4 is 10.6 Å². The molecule has 3 heterocycles. The molecule has 1 aliphatic rings. The smallest absolute Gasteiger partial charge is 0.203 e. The van der Waals surface area contributed by atoms with Crippen LogP contribution in [0.3, 0.4) is 0 Å². The fraction of sp³-hybridized carbons (Fsp3) is 0.333. The molecule has 8 heteroatoms. The Kier molecular flexibility index (Phi) is 4.02. The van der Waals surface area contributed by atoms with Crippen molar-refractivity contribution < 1.29 is 0 Å². The molecule has 1 saturated heterocycles. The van der Waals surface area contributed by atoms with E-state index in [1.54, 1.807) is 11.3 Å². The van der Waals surface area contributed by atoms with Gasteiger partial charge in [0.15, 0.2) is 5.82 Å². The summed E-state index contributed by atoms with van der Waals surface area (Å²) in [4.78, 5) is 4.57. The fourth-order valence-electron chi connectivity index (χ4n) is 2.35. The lowest BCUT2D eigenvalue weighted by Gasteiger charge is -2.23. The van der Waals surface area contributed by atoms with Gasteiger partial charge in [-0.15, -0.1) is 10.2 Å². The number of nitrogens with zero attached hydrogens (tertiary/aromatic N) is 4. The third kappa shape index (κ3) is 3.10. The maximum absolute atomic E-state index is 4.57. The Morgan fingerprint density at radius 1 is 1.26 bits per heavy atom. The van der Waals surface area contributed by atoms with Gasteiger partial charge < -0.3 is 10.6 Å². The highest BCUT2D eigenvalue weighted by Crippen LogP contribution is 2.26. The highest BCUT2D eigenvalue weighted by molar-refractivity contribution is 7.11. The molecule has 2 N–H and O–H groups in total. The standard InChI is InChI=1S/C15H16N6S2/c1-9-4-2-3-5-11(9)13-18-15(23-21-13)17-8-12-19-20-14(22-12)10-6-16-7-10/h2-5,10,16H,6-8H2,1H3,(H,17,18,21). The summed E-state index contributed by atoms with van der Waals surface area (Å²) in [6.07, 6.45) is 0. The van der Waals surface area contributed by atoms with Gasteiger partial charge >= 0.3 is 0 Å². The lowest BCUT2D eigenvalue weighted by Crippen LogP contribution is -2.39. The van der Waals surface area contributed by atoms with Crippen molar-refractivity contribution in [3.63, 3.8) is 0 Å². The summed E-state index contributed by atoms with van der Waals surface area (Å²) >= 11 is 3.05. The Morgan fingerprint density at radius 3 is 2.91 bits per heavy atom. The number of hydrogen-bond donors (Lipinski definition) is 2. The topological polar surface area (TPSA) is 75.6 Å². The molecular weight excluding hydrogens is 328 g/mol. The van der Waals surface area contributed by atoms with Gasteiger partial charge in [0.05, 0.1) is 6.54 Å². The Labute approximate surface area is 142 Å². The zero-order valence-electron chi connectivity index (χ0n) is 12.6. The van der Waals surface area contributed by atoms with Crippen LogP contribution >= 0.6 is 22.9 Å². The maximum atomic E-state index is 4.57. The quantitative estimate of drug-likeness (QED) is 0.741. The normalized spacial score (nSPS) is 14.7. The number of aryl methyl sites for hydroxylation is 1. The van der Waals surface area contributed by atoms with E-state index in [0.717, 1.165) is 39.6 Å². The molecule has 0 amide bonds. The van der Waals surface area contributed by atoms with Crippen molar-refractivity contribution in [2.45, 2.75) is 19.4 Å². The molecule has 1 aromatic carbocycles. The minimum Gasteiger partial charge on any atom is -0.354 e. The van der Waals surface area contributed by atoms with E-state index in [-0.39, 0.29) is 0 Å². The zero-order chi connectivity index (χ0) is 15.6. The molecule has 0 saturated carbocycles. The number of aromatic nitrogens is 4. The second kappa shape index (κ2) is 6.31. The molecule has 0 radical (unpaired) electrons. The first-order valence-corrected chi connectivity index (χ1v) is 9.05. The van der Waals surface area contributed by atoms with Crippen molar-refractivity contribution >= 4 is 28.0 Å². The average molecular weight is 344 g/mol. The summed E-state index contributed by atoms with van der Waals surface area (Å²) in [6.45, 7) is 4.73. The summed E-state index contributed by atoms with van der Waals surface area (Å²) in [5.74, 6) is 1.31. The number of benzene rings is 1. The van der Waals surface area contributed by atoms with E-state index in [0.29, 0.717) is 12.5 Å². The van der Waals surface area contributed by atoms with Gasteiger partial charge in [0.2, 0.25) is 5.13 Å². The van der Waals surface area contributed by atoms with E-state index in [1.807, 2.05) is 18.2 Å². The molecule has 0 aliphatic carbocycles. The van der Waals surface area contributed by atoms with Crippen molar-refractivity contribution in [1.29, 1.82) is 0 Å². The van der Waals surface area contributed by atoms with Crippen LogP contribution in [0.5, 0.6) is 0 Å². The second-order valence-corrected chi connectivity index (χ2v) is 7.33. The Balaban J connectivity index is 1.42. The van der Waals surface area contributed by atoms with Crippen LogP contribution in [-0.4, -0.2) is 32.6 Å². The van der Waals surface area contributed by atoms with Crippen molar-refractivity contribution in [1.82, 2.24) is 24.9 Å². The molecule has 4 rings (SSSR count). The molecule has 0 unspecified atom stereocenters. The van der Waals surface area contributed by atoms with Crippen LogP contribution in [0, 0.1) is 6.92 Å². The van der Waals surface area contributed by atoms with Crippen LogP contribution in [0.15, 0.2) is 24.3 Å². The molecule has 3 aromatic rings. The number of nitrogens with one attached hydrogen (secondary N) is 2. The van der Waals surface area contributed by atoms with E-state index in [4.69, 9.17) is 0 Å². The average Bonchev–Trinajstić information content (AvgIpc) is 3.13. The molecule has 0 spiro atoms. The van der Waals surface area contributed by atoms with E-state index in [9.17, 15) is 0 Å². The number of rotatable bonds is 5. The highest BCUT2D eigenvalue weighted by Gasteiger charge is 2.22. The van der Waals surface area contributed by atoms with Crippen LogP contribution in [0.1, 0.15) is 21.5 Å². The van der Waals surface area contributed by atoms with Crippen LogP contribution in [-0.2, 0) is 6.54 Å². The maximum Gasteiger partial charge on any atom is 0.203 e. The molecule has 1 fully saturated rings. The van der Waals surface area contributed by atoms with E-state index in [1.165, 1.54) is 17.1 Å². The Hall–Kier alpha value is -1.90. The predicted octanol–water partition coefficient (Wildman–Crippen LogP) is 2.66. The lowest BCUT2D eigenvalue weighted by molar-refractivity contribution is 0.444. The first kappa shape index (κ1) is 14.7. The van der Waals surface area contributed by atoms with Gasteiger partial charge in [-0.1, -0.05) is 35.6 Å². The van der Waals surface area contributed by atoms with E-state index < -0.39 is 0 Å². The van der Waals surface area contributed by atoms with Gasteiger partial charge in [0.1, 0.15) is 10.0 Å². The van der Waals surface area contributed by atoms with Crippen molar-refractivity contribution in [3.05, 3.63) is 39.8 Å². The Bertz CT molecular complexity index is 808. The summed E-state index contributed by atoms with van der Waals surface area (Å²) < 4.78 is 4.44. The summed E-state index contributed by atoms with van der Waals surface area (Å²) in [5.41, 5.74) is 2.26. The second-order valence-electron chi connectivity index (χ2n) is 5.48. The molecule has 2 aromatic heterocycles. The number of anilines is 1. The zero-order valence-corrected chi connectivity index (χ0v) is 14.2. The van der Waals surface area contributed by atoms with Crippen molar-refractivity contribution in [2.75, 3.05) is 18.4 Å². The summed E-state index contributed by atoms with van der Waals surface area (Å²) in [5, 5.41) is 18.0. The van der Waals surface area contributed by atoms with Crippen molar-refractivity contribution in [2.24, 2.45) is 0 Å². The first-order valence-electron chi connectivity index (χ1n) is 7.46. The molecule has 23 heavy (non-hydrogen) atoms. The van der Waals surface area contributed by atoms with Gasteiger partial charge in [-0.25, -0.2) is 0 Å². The highest BCUT2D eigenvalue weighted by atomic mass is 32.1. The minimum atomic E-state index is 0.537. The predicted molar refractivity (Wildman–Crippen MR) is 92.9 cm³/mol. The van der Waals surface area contributed by atoms with Gasteiger partial charge in [0.25, 0.3) is 0 Å². The van der Waals surface area contributed by atoms with Gasteiger partial charge in [-0.2, -0.15) is 9.36 Å². The van der Waals surface area contributed by atoms with Crippen molar-refractivity contribution in [3.8, 4) is 11.4 Å². The largest absolute Gasteiger partial charge is 0.354 e. The van der Waals surface area contributed by atoms with Crippen LogP contribution in [0.25, 0.3) is 11.4 Å². The molecule has 1 aliphatic heterocycles. The van der Waals surface area contributed by atoms with Gasteiger partial charge in [-0.3, -0.25) is 0 Å². The first-order chi connectivity index (χ1) is 11.3. The minimum absolute atomic E-state index is 0.537. The third-order valence-electron chi connectivity index (χ3n) is 3.82. The Morgan fingerprint density at radius 2 is 2.13 bits per heavy atom. The van der Waals surface area contributed by atoms with E-state index >= 15 is 0 Å². The summed E-state index contributed by atoms with van der Waals surface area (Å²) in [6, 6.07) is 8.15. The molecule has 118 valence electrons. The monoisotopic (exact) mass is 344 g/mol. The number of hydrogen-bond acceptors (Lipinski definition) is 8. The van der Waals surface area contributed by atoms with Crippen LogP contribution in [0.4, 0.5) is 5.13 Å². The van der Waals surface area contributed by atoms with Gasteiger partial charge in [-0.05, 0) is 12.5 Å². The molecule has 0 bridgehead atoms. The summed E-state index contributed by atoms with van der Waals surface area (Å²) in [7, 11) is 0. The lowest BCUT2D eigenvalue weighted by atomic mass is 10.1. The SMILES string of the molecule is Cc1ccccc1-c1nsc(NCc2nnc(C3CNC3)s2)n1. The van der Waals surface area contributed by atoms with Gasteiger partial charge in [0, 0.05) is 36.1 Å².